The standard InChI is InChI=1S/C13H20O2Si/c1-13-8-5-6-10(13)15-12(14)11(9(13)7-8)16(2,3)4/h8,10H,5-7H2,1-4H3/t8-,10-,13-/m0/s1. The lowest BCUT2D eigenvalue weighted by molar-refractivity contribution is -0.153. The van der Waals surface area contributed by atoms with Crippen LogP contribution in [0.2, 0.25) is 19.6 Å². The SMILES string of the molecule is C[C@]12C3=C([Si](C)(C)C)C(=O)O[C@H]1CC[C@H]2C3. The molecular formula is C13H20O2Si. The predicted molar refractivity (Wildman–Crippen MR) is 65.7 cm³/mol. The first-order valence-electron chi connectivity index (χ1n) is 6.30. The van der Waals surface area contributed by atoms with Crippen molar-refractivity contribution in [3.63, 3.8) is 0 Å². The molecular weight excluding hydrogens is 216 g/mol. The van der Waals surface area contributed by atoms with Crippen molar-refractivity contribution >= 4 is 14.0 Å². The maximum Gasteiger partial charge on any atom is 0.330 e. The molecule has 16 heavy (non-hydrogen) atoms. The summed E-state index contributed by atoms with van der Waals surface area (Å²) in [6, 6.07) is 0. The first-order chi connectivity index (χ1) is 7.35. The summed E-state index contributed by atoms with van der Waals surface area (Å²) in [5.41, 5.74) is 1.69. The van der Waals surface area contributed by atoms with E-state index in [1.807, 2.05) is 0 Å². The van der Waals surface area contributed by atoms with E-state index in [1.54, 1.807) is 0 Å². The average Bonchev–Trinajstić information content (AvgIpc) is 2.42. The van der Waals surface area contributed by atoms with Crippen molar-refractivity contribution in [2.45, 2.75) is 51.9 Å². The van der Waals surface area contributed by atoms with E-state index in [2.05, 4.69) is 26.6 Å². The van der Waals surface area contributed by atoms with Crippen LogP contribution < -0.4 is 0 Å². The number of carbonyl (C=O) groups excluding carboxylic acids is 1. The van der Waals surface area contributed by atoms with Crippen molar-refractivity contribution in [3.8, 4) is 0 Å². The minimum absolute atomic E-state index is 0.0111. The number of hydrogen-bond acceptors (Lipinski definition) is 2. The molecule has 0 N–H and O–H groups in total. The Morgan fingerprint density at radius 3 is 2.62 bits per heavy atom. The van der Waals surface area contributed by atoms with Crippen LogP contribution >= 0.6 is 0 Å². The molecule has 0 bridgehead atoms. The Kier molecular flexibility index (Phi) is 1.86. The van der Waals surface area contributed by atoms with Gasteiger partial charge in [0.25, 0.3) is 0 Å². The highest BCUT2D eigenvalue weighted by atomic mass is 28.3. The van der Waals surface area contributed by atoms with Crippen molar-refractivity contribution in [2.24, 2.45) is 11.3 Å². The summed E-state index contributed by atoms with van der Waals surface area (Å²) in [5.74, 6) is 0.795. The molecule has 2 nitrogen and oxygen atoms in total. The lowest BCUT2D eigenvalue weighted by Gasteiger charge is -2.53. The van der Waals surface area contributed by atoms with Gasteiger partial charge in [-0.1, -0.05) is 32.1 Å². The third kappa shape index (κ3) is 1.05. The van der Waals surface area contributed by atoms with Gasteiger partial charge in [0.15, 0.2) is 0 Å². The molecule has 0 saturated heterocycles. The maximum atomic E-state index is 12.1. The monoisotopic (exact) mass is 236 g/mol. The molecule has 0 spiro atoms. The molecule has 0 aromatic carbocycles. The topological polar surface area (TPSA) is 26.3 Å². The van der Waals surface area contributed by atoms with Gasteiger partial charge in [-0.2, -0.15) is 0 Å². The second kappa shape index (κ2) is 2.81. The molecule has 88 valence electrons. The van der Waals surface area contributed by atoms with E-state index in [4.69, 9.17) is 4.74 Å². The Morgan fingerprint density at radius 2 is 2.00 bits per heavy atom. The summed E-state index contributed by atoms with van der Waals surface area (Å²) >= 11 is 0. The highest BCUT2D eigenvalue weighted by Crippen LogP contribution is 2.65. The van der Waals surface area contributed by atoms with Crippen LogP contribution in [0.1, 0.15) is 26.2 Å². The molecule has 2 fully saturated rings. The van der Waals surface area contributed by atoms with Gasteiger partial charge in [0.1, 0.15) is 6.10 Å². The fraction of sp³-hybridized carbons (Fsp3) is 0.769. The van der Waals surface area contributed by atoms with Gasteiger partial charge in [0.2, 0.25) is 0 Å². The number of rotatable bonds is 1. The van der Waals surface area contributed by atoms with Crippen LogP contribution in [-0.2, 0) is 9.53 Å². The van der Waals surface area contributed by atoms with E-state index >= 15 is 0 Å². The summed E-state index contributed by atoms with van der Waals surface area (Å²) in [4.78, 5) is 12.1. The van der Waals surface area contributed by atoms with Crippen LogP contribution in [0.15, 0.2) is 10.8 Å². The Morgan fingerprint density at radius 1 is 1.31 bits per heavy atom. The third-order valence-electron chi connectivity index (χ3n) is 4.90. The molecule has 1 heterocycles. The minimum atomic E-state index is -1.55. The molecule has 3 heteroatoms. The smallest absolute Gasteiger partial charge is 0.330 e. The molecule has 3 aliphatic rings. The van der Waals surface area contributed by atoms with Gasteiger partial charge in [-0.05, 0) is 25.2 Å². The van der Waals surface area contributed by atoms with Crippen molar-refractivity contribution in [2.75, 3.05) is 0 Å². The van der Waals surface area contributed by atoms with Gasteiger partial charge in [0, 0.05) is 10.6 Å². The third-order valence-corrected chi connectivity index (χ3v) is 6.91. The fourth-order valence-corrected chi connectivity index (χ4v) is 5.88. The van der Waals surface area contributed by atoms with Crippen LogP contribution in [-0.4, -0.2) is 20.1 Å². The quantitative estimate of drug-likeness (QED) is 0.517. The van der Waals surface area contributed by atoms with E-state index in [-0.39, 0.29) is 17.5 Å². The summed E-state index contributed by atoms with van der Waals surface area (Å²) in [6.07, 6.45) is 3.68. The van der Waals surface area contributed by atoms with Gasteiger partial charge >= 0.3 is 5.97 Å². The Hall–Kier alpha value is -0.573. The zero-order chi connectivity index (χ0) is 11.7. The van der Waals surface area contributed by atoms with Crippen LogP contribution in [0, 0.1) is 11.3 Å². The van der Waals surface area contributed by atoms with Crippen LogP contribution in [0.5, 0.6) is 0 Å². The van der Waals surface area contributed by atoms with E-state index < -0.39 is 8.07 Å². The van der Waals surface area contributed by atoms with E-state index in [9.17, 15) is 4.79 Å². The molecule has 0 unspecified atom stereocenters. The minimum Gasteiger partial charge on any atom is -0.458 e. The van der Waals surface area contributed by atoms with Gasteiger partial charge < -0.3 is 4.74 Å². The fourth-order valence-electron chi connectivity index (χ4n) is 3.93. The highest BCUT2D eigenvalue weighted by Gasteiger charge is 2.62. The van der Waals surface area contributed by atoms with Crippen LogP contribution in [0.4, 0.5) is 0 Å². The number of carbonyl (C=O) groups is 1. The van der Waals surface area contributed by atoms with Crippen molar-refractivity contribution in [1.29, 1.82) is 0 Å². The van der Waals surface area contributed by atoms with E-state index in [0.29, 0.717) is 0 Å². The Bertz CT molecular complexity index is 405. The molecule has 2 saturated carbocycles. The predicted octanol–water partition coefficient (Wildman–Crippen LogP) is 2.91. The summed E-state index contributed by atoms with van der Waals surface area (Å²) in [7, 11) is -1.55. The Labute approximate surface area is 98.1 Å². The van der Waals surface area contributed by atoms with Gasteiger partial charge in [0.05, 0.1) is 8.07 Å². The van der Waals surface area contributed by atoms with Gasteiger partial charge in [-0.15, -0.1) is 0 Å². The van der Waals surface area contributed by atoms with Crippen molar-refractivity contribution in [1.82, 2.24) is 0 Å². The normalized spacial score (nSPS) is 41.6. The largest absolute Gasteiger partial charge is 0.458 e. The summed E-state index contributed by atoms with van der Waals surface area (Å²) < 4.78 is 5.69. The second-order valence-electron chi connectivity index (χ2n) is 6.76. The second-order valence-corrected chi connectivity index (χ2v) is 11.8. The zero-order valence-electron chi connectivity index (χ0n) is 10.6. The average molecular weight is 236 g/mol. The maximum absolute atomic E-state index is 12.1. The van der Waals surface area contributed by atoms with Crippen LogP contribution in [0.3, 0.4) is 0 Å². The van der Waals surface area contributed by atoms with Gasteiger partial charge in [-0.25, -0.2) is 4.79 Å². The molecule has 0 aromatic heterocycles. The Balaban J connectivity index is 2.14. The van der Waals surface area contributed by atoms with E-state index in [0.717, 1.165) is 17.5 Å². The molecule has 2 aliphatic carbocycles. The highest BCUT2D eigenvalue weighted by molar-refractivity contribution is 6.87. The number of hydrogen-bond donors (Lipinski definition) is 0. The summed E-state index contributed by atoms with van der Waals surface area (Å²) in [6.45, 7) is 9.08. The zero-order valence-corrected chi connectivity index (χ0v) is 11.6. The number of esters is 1. The van der Waals surface area contributed by atoms with E-state index in [1.165, 1.54) is 18.4 Å². The summed E-state index contributed by atoms with van der Waals surface area (Å²) in [5, 5.41) is 1.10. The molecule has 0 aromatic rings. The molecule has 0 radical (unpaired) electrons. The molecule has 3 atom stereocenters. The lowest BCUT2D eigenvalue weighted by Crippen LogP contribution is -2.53. The first kappa shape index (κ1) is 10.6. The van der Waals surface area contributed by atoms with Crippen molar-refractivity contribution in [3.05, 3.63) is 10.8 Å². The molecule has 1 aliphatic heterocycles. The number of ether oxygens (including phenoxy) is 1. The van der Waals surface area contributed by atoms with Crippen molar-refractivity contribution < 1.29 is 9.53 Å². The molecule has 3 rings (SSSR count). The van der Waals surface area contributed by atoms with Gasteiger partial charge in [-0.3, -0.25) is 0 Å². The lowest BCUT2D eigenvalue weighted by atomic mass is 9.57. The molecule has 0 amide bonds. The van der Waals surface area contributed by atoms with Crippen LogP contribution in [0.25, 0.3) is 0 Å². The first-order valence-corrected chi connectivity index (χ1v) is 9.80.